The predicted molar refractivity (Wildman–Crippen MR) is 146 cm³/mol. The number of anilines is 2. The van der Waals surface area contributed by atoms with E-state index >= 15 is 0 Å². The molecule has 9 heteroatoms. The number of amides is 1. The van der Waals surface area contributed by atoms with Crippen LogP contribution in [0.2, 0.25) is 0 Å². The van der Waals surface area contributed by atoms with Gasteiger partial charge in [0.2, 0.25) is 5.91 Å². The summed E-state index contributed by atoms with van der Waals surface area (Å²) in [6, 6.07) is 13.7. The number of carbonyl (C=O) groups excluding carboxylic acids is 1. The SMILES string of the molecule is COCCOCOc1ccccc1N1CCN(CCN(c2ccccn2)C(=O)[C@H]2CC[C@H](CF)CC2)CC1. The van der Waals surface area contributed by atoms with E-state index < -0.39 is 0 Å². The zero-order chi connectivity index (χ0) is 26.6. The van der Waals surface area contributed by atoms with Crippen LogP contribution in [0.25, 0.3) is 0 Å². The number of pyridine rings is 1. The molecule has 0 atom stereocenters. The summed E-state index contributed by atoms with van der Waals surface area (Å²) in [5, 5.41) is 0. The van der Waals surface area contributed by atoms with Crippen molar-refractivity contribution in [3.05, 3.63) is 48.7 Å². The highest BCUT2D eigenvalue weighted by atomic mass is 19.1. The molecule has 4 rings (SSSR count). The molecular formula is C29H41FN4O4. The molecule has 2 aliphatic rings. The maximum Gasteiger partial charge on any atom is 0.231 e. The zero-order valence-electron chi connectivity index (χ0n) is 22.5. The minimum absolute atomic E-state index is 0.0494. The summed E-state index contributed by atoms with van der Waals surface area (Å²) >= 11 is 0. The molecule has 0 spiro atoms. The van der Waals surface area contributed by atoms with Crippen molar-refractivity contribution in [3.63, 3.8) is 0 Å². The van der Waals surface area contributed by atoms with Crippen molar-refractivity contribution in [3.8, 4) is 5.75 Å². The van der Waals surface area contributed by atoms with Crippen LogP contribution in [0.5, 0.6) is 5.75 Å². The number of hydrogen-bond donors (Lipinski definition) is 0. The third kappa shape index (κ3) is 7.88. The molecule has 0 bridgehead atoms. The lowest BCUT2D eigenvalue weighted by molar-refractivity contribution is -0.123. The Morgan fingerprint density at radius 3 is 2.50 bits per heavy atom. The first-order valence-electron chi connectivity index (χ1n) is 13.7. The molecule has 0 radical (unpaired) electrons. The molecule has 1 amide bonds. The quantitative estimate of drug-likeness (QED) is 0.287. The minimum Gasteiger partial charge on any atom is -0.465 e. The lowest BCUT2D eigenvalue weighted by Gasteiger charge is -2.38. The van der Waals surface area contributed by atoms with Crippen molar-refractivity contribution in [2.75, 3.05) is 82.9 Å². The Hall–Kier alpha value is -2.75. The molecule has 1 saturated heterocycles. The lowest BCUT2D eigenvalue weighted by atomic mass is 9.82. The van der Waals surface area contributed by atoms with Gasteiger partial charge in [-0.15, -0.1) is 0 Å². The summed E-state index contributed by atoms with van der Waals surface area (Å²) in [5.41, 5.74) is 1.07. The van der Waals surface area contributed by atoms with Gasteiger partial charge >= 0.3 is 0 Å². The van der Waals surface area contributed by atoms with Crippen LogP contribution in [0.3, 0.4) is 0 Å². The molecule has 38 heavy (non-hydrogen) atoms. The molecular weight excluding hydrogens is 487 g/mol. The van der Waals surface area contributed by atoms with Crippen LogP contribution in [0, 0.1) is 11.8 Å². The van der Waals surface area contributed by atoms with Gasteiger partial charge in [0.05, 0.1) is 25.6 Å². The smallest absolute Gasteiger partial charge is 0.231 e. The number of alkyl halides is 1. The molecule has 8 nitrogen and oxygen atoms in total. The monoisotopic (exact) mass is 528 g/mol. The van der Waals surface area contributed by atoms with Crippen LogP contribution in [0.15, 0.2) is 48.7 Å². The molecule has 0 unspecified atom stereocenters. The fourth-order valence-electron chi connectivity index (χ4n) is 5.24. The average Bonchev–Trinajstić information content (AvgIpc) is 2.98. The summed E-state index contributed by atoms with van der Waals surface area (Å²) in [6.45, 7) is 5.84. The van der Waals surface area contributed by atoms with E-state index in [1.807, 2.05) is 41.3 Å². The van der Waals surface area contributed by atoms with Gasteiger partial charge in [0.15, 0.2) is 6.79 Å². The van der Waals surface area contributed by atoms with E-state index in [9.17, 15) is 9.18 Å². The highest BCUT2D eigenvalue weighted by Gasteiger charge is 2.31. The zero-order valence-corrected chi connectivity index (χ0v) is 22.5. The van der Waals surface area contributed by atoms with Crippen LogP contribution in [0.1, 0.15) is 25.7 Å². The number of methoxy groups -OCH3 is 1. The van der Waals surface area contributed by atoms with Crippen LogP contribution < -0.4 is 14.5 Å². The Morgan fingerprint density at radius 2 is 1.79 bits per heavy atom. The fourth-order valence-corrected chi connectivity index (χ4v) is 5.24. The van der Waals surface area contributed by atoms with Crippen molar-refractivity contribution in [2.45, 2.75) is 25.7 Å². The first kappa shape index (κ1) is 28.3. The minimum atomic E-state index is -0.282. The number of benzene rings is 1. The molecule has 0 N–H and O–H groups in total. The van der Waals surface area contributed by atoms with Crippen molar-refractivity contribution in [1.82, 2.24) is 9.88 Å². The topological polar surface area (TPSA) is 67.4 Å². The van der Waals surface area contributed by atoms with Gasteiger partial charge in [-0.2, -0.15) is 0 Å². The number of nitrogens with zero attached hydrogens (tertiary/aromatic N) is 4. The molecule has 1 aromatic carbocycles. The van der Waals surface area contributed by atoms with Crippen molar-refractivity contribution >= 4 is 17.4 Å². The molecule has 2 fully saturated rings. The summed E-state index contributed by atoms with van der Waals surface area (Å²) < 4.78 is 29.4. The van der Waals surface area contributed by atoms with E-state index in [-0.39, 0.29) is 31.2 Å². The Balaban J connectivity index is 1.30. The predicted octanol–water partition coefficient (Wildman–Crippen LogP) is 4.01. The summed E-state index contributed by atoms with van der Waals surface area (Å²) in [4.78, 5) is 24.6. The van der Waals surface area contributed by atoms with Gasteiger partial charge in [-0.1, -0.05) is 18.2 Å². The summed E-state index contributed by atoms with van der Waals surface area (Å²) in [6.07, 6.45) is 4.82. The Morgan fingerprint density at radius 1 is 1.03 bits per heavy atom. The largest absolute Gasteiger partial charge is 0.465 e. The number of para-hydroxylation sites is 2. The van der Waals surface area contributed by atoms with Gasteiger partial charge in [-0.05, 0) is 55.9 Å². The van der Waals surface area contributed by atoms with E-state index in [4.69, 9.17) is 14.2 Å². The number of rotatable bonds is 13. The highest BCUT2D eigenvalue weighted by molar-refractivity contribution is 5.94. The second kappa shape index (κ2) is 15.0. The third-order valence-corrected chi connectivity index (χ3v) is 7.55. The van der Waals surface area contributed by atoms with Crippen molar-refractivity contribution in [2.24, 2.45) is 11.8 Å². The molecule has 2 heterocycles. The van der Waals surface area contributed by atoms with Crippen LogP contribution in [-0.2, 0) is 14.3 Å². The van der Waals surface area contributed by atoms with E-state index in [1.165, 1.54) is 0 Å². The lowest BCUT2D eigenvalue weighted by Crippen LogP contribution is -2.50. The van der Waals surface area contributed by atoms with Crippen molar-refractivity contribution in [1.29, 1.82) is 0 Å². The van der Waals surface area contributed by atoms with Gasteiger partial charge in [0.1, 0.15) is 11.6 Å². The van der Waals surface area contributed by atoms with E-state index in [1.54, 1.807) is 13.3 Å². The number of piperazine rings is 1. The van der Waals surface area contributed by atoms with E-state index in [0.717, 1.165) is 69.8 Å². The second-order valence-corrected chi connectivity index (χ2v) is 10.0. The molecule has 208 valence electrons. The van der Waals surface area contributed by atoms with Gasteiger partial charge in [-0.25, -0.2) is 4.98 Å². The Labute approximate surface area is 225 Å². The van der Waals surface area contributed by atoms with Gasteiger partial charge in [-0.3, -0.25) is 19.0 Å². The van der Waals surface area contributed by atoms with E-state index in [0.29, 0.717) is 25.6 Å². The van der Waals surface area contributed by atoms with Gasteiger partial charge < -0.3 is 19.1 Å². The van der Waals surface area contributed by atoms with Gasteiger partial charge in [0.25, 0.3) is 0 Å². The highest BCUT2D eigenvalue weighted by Crippen LogP contribution is 2.32. The van der Waals surface area contributed by atoms with Crippen molar-refractivity contribution < 1.29 is 23.4 Å². The van der Waals surface area contributed by atoms with Gasteiger partial charge in [0, 0.05) is 58.5 Å². The fraction of sp³-hybridized carbons (Fsp3) is 0.586. The normalized spacial score (nSPS) is 20.3. The number of aromatic nitrogens is 1. The Bertz CT molecular complexity index is 966. The van der Waals surface area contributed by atoms with Crippen LogP contribution >= 0.6 is 0 Å². The summed E-state index contributed by atoms with van der Waals surface area (Å²) in [7, 11) is 1.65. The summed E-state index contributed by atoms with van der Waals surface area (Å²) in [5.74, 6) is 1.69. The molecule has 1 saturated carbocycles. The third-order valence-electron chi connectivity index (χ3n) is 7.55. The Kier molecular flexibility index (Phi) is 11.2. The molecule has 2 aromatic rings. The maximum absolute atomic E-state index is 13.5. The first-order valence-corrected chi connectivity index (χ1v) is 13.7. The standard InChI is InChI=1S/C29H41FN4O4/c1-36-20-21-37-23-38-27-7-3-2-6-26(27)33-17-14-32(15-18-33)16-19-34(28-8-4-5-13-31-28)29(35)25-11-9-24(22-30)10-12-25/h2-8,13,24-25H,9-12,14-23H2,1H3/t24-,25-. The second-order valence-electron chi connectivity index (χ2n) is 10.0. The molecule has 1 aromatic heterocycles. The van der Waals surface area contributed by atoms with Crippen LogP contribution in [-0.4, -0.2) is 88.9 Å². The van der Waals surface area contributed by atoms with Crippen LogP contribution in [0.4, 0.5) is 15.9 Å². The number of hydrogen-bond acceptors (Lipinski definition) is 7. The number of halogens is 1. The average molecular weight is 529 g/mol. The number of carbonyl (C=O) groups is 1. The van der Waals surface area contributed by atoms with E-state index in [2.05, 4.69) is 20.9 Å². The first-order chi connectivity index (χ1) is 18.7. The molecule has 1 aliphatic carbocycles. The molecule has 1 aliphatic heterocycles. The number of ether oxygens (including phenoxy) is 3. The maximum atomic E-state index is 13.5.